The van der Waals surface area contributed by atoms with Gasteiger partial charge in [-0.1, -0.05) is 0 Å². The number of nitrogens with zero attached hydrogens (tertiary/aromatic N) is 2. The minimum Gasteiger partial charge on any atom is -0.429 e. The van der Waals surface area contributed by atoms with Crippen molar-refractivity contribution < 1.29 is 10.0 Å². The molecule has 0 amide bonds. The number of rotatable bonds is 1. The maximum absolute atomic E-state index is 7.00. The number of hydrogen-bond acceptors (Lipinski definition) is 6. The standard InChI is InChI=1S/C12H8BrN3S.BH2O2/c13-9-6-17-11-8(5-16-12(14)10(9)11)7-1-3-15-4-2-7;2-1-3/h1-6H,(H2,14,16);2-3H. The molecule has 0 aliphatic rings. The van der Waals surface area contributed by atoms with E-state index in [9.17, 15) is 0 Å². The van der Waals surface area contributed by atoms with Crippen LogP contribution in [0.2, 0.25) is 0 Å². The van der Waals surface area contributed by atoms with Crippen LogP contribution in [0.1, 0.15) is 0 Å². The van der Waals surface area contributed by atoms with Gasteiger partial charge in [-0.2, -0.15) is 0 Å². The summed E-state index contributed by atoms with van der Waals surface area (Å²) in [7, 11) is 0. The summed E-state index contributed by atoms with van der Waals surface area (Å²) < 4.78 is 2.15. The van der Waals surface area contributed by atoms with E-state index in [1.807, 2.05) is 23.7 Å². The van der Waals surface area contributed by atoms with Gasteiger partial charge in [-0.15, -0.1) is 11.3 Å². The smallest absolute Gasteiger partial charge is 0.429 e. The third-order valence-corrected chi connectivity index (χ3v) is 4.51. The fraction of sp³-hybridized carbons (Fsp3) is 0. The zero-order valence-corrected chi connectivity index (χ0v) is 12.6. The van der Waals surface area contributed by atoms with Gasteiger partial charge in [-0.25, -0.2) is 4.98 Å². The Morgan fingerprint density at radius 3 is 2.55 bits per heavy atom. The van der Waals surface area contributed by atoms with Crippen molar-refractivity contribution in [1.82, 2.24) is 9.97 Å². The van der Waals surface area contributed by atoms with Crippen molar-refractivity contribution in [3.63, 3.8) is 0 Å². The fourth-order valence-electron chi connectivity index (χ4n) is 1.77. The highest BCUT2D eigenvalue weighted by molar-refractivity contribution is 9.10. The van der Waals surface area contributed by atoms with Crippen molar-refractivity contribution in [2.45, 2.75) is 0 Å². The summed E-state index contributed by atoms with van der Waals surface area (Å²) in [6.07, 6.45) is 5.37. The Hall–Kier alpha value is -1.48. The molecular formula is C12H10BBrN3O2S. The van der Waals surface area contributed by atoms with Crippen molar-refractivity contribution in [3.8, 4) is 11.1 Å². The molecular weight excluding hydrogens is 341 g/mol. The topological polar surface area (TPSA) is 92.3 Å². The largest absolute Gasteiger partial charge is 0.482 e. The molecule has 0 fully saturated rings. The molecule has 0 spiro atoms. The SMILES string of the molecule is Nc1ncc(-c2ccncc2)c2scc(Br)c12.O[B]O. The highest BCUT2D eigenvalue weighted by Gasteiger charge is 2.11. The molecule has 0 aliphatic heterocycles. The molecule has 3 aromatic rings. The van der Waals surface area contributed by atoms with Crippen molar-refractivity contribution in [2.24, 2.45) is 0 Å². The number of hydrogen-bond donors (Lipinski definition) is 3. The van der Waals surface area contributed by atoms with Crippen molar-refractivity contribution >= 4 is 50.9 Å². The molecule has 4 N–H and O–H groups in total. The molecule has 5 nitrogen and oxygen atoms in total. The van der Waals surface area contributed by atoms with E-state index < -0.39 is 0 Å². The number of fused-ring (bicyclic) bond motifs is 1. The van der Waals surface area contributed by atoms with Crippen LogP contribution in [0.5, 0.6) is 0 Å². The molecule has 1 radical (unpaired) electrons. The molecule has 0 unspecified atom stereocenters. The van der Waals surface area contributed by atoms with Crippen LogP contribution < -0.4 is 5.73 Å². The number of anilines is 1. The second-order valence-corrected chi connectivity index (χ2v) is 5.43. The Kier molecular flexibility index (Phi) is 5.08. The molecule has 8 heteroatoms. The predicted molar refractivity (Wildman–Crippen MR) is 85.2 cm³/mol. The van der Waals surface area contributed by atoms with Crippen LogP contribution in [-0.4, -0.2) is 27.7 Å². The summed E-state index contributed by atoms with van der Waals surface area (Å²) in [5.74, 6) is 0.561. The quantitative estimate of drug-likeness (QED) is 0.585. The highest BCUT2D eigenvalue weighted by Crippen LogP contribution is 2.39. The van der Waals surface area contributed by atoms with Crippen LogP contribution in [0.3, 0.4) is 0 Å². The normalized spacial score (nSPS) is 9.95. The monoisotopic (exact) mass is 350 g/mol. The van der Waals surface area contributed by atoms with E-state index in [0.717, 1.165) is 25.7 Å². The maximum atomic E-state index is 7.00. The fourth-order valence-corrected chi connectivity index (χ4v) is 3.55. The average Bonchev–Trinajstić information content (AvgIpc) is 2.84. The zero-order chi connectivity index (χ0) is 14.5. The van der Waals surface area contributed by atoms with E-state index in [0.29, 0.717) is 5.82 Å². The highest BCUT2D eigenvalue weighted by atomic mass is 79.9. The van der Waals surface area contributed by atoms with Crippen molar-refractivity contribution in [3.05, 3.63) is 40.6 Å². The van der Waals surface area contributed by atoms with Gasteiger partial charge in [0.25, 0.3) is 0 Å². The van der Waals surface area contributed by atoms with Gasteiger partial charge in [0.2, 0.25) is 0 Å². The predicted octanol–water partition coefficient (Wildman–Crippen LogP) is 2.21. The second-order valence-electron chi connectivity index (χ2n) is 3.70. The first-order valence-corrected chi connectivity index (χ1v) is 7.18. The van der Waals surface area contributed by atoms with Gasteiger partial charge < -0.3 is 15.8 Å². The summed E-state index contributed by atoms with van der Waals surface area (Å²) in [5, 5.41) is 17.0. The van der Waals surface area contributed by atoms with E-state index in [-0.39, 0.29) is 7.69 Å². The van der Waals surface area contributed by atoms with Crippen LogP contribution in [-0.2, 0) is 0 Å². The molecule has 3 rings (SSSR count). The number of aromatic nitrogens is 2. The summed E-state index contributed by atoms with van der Waals surface area (Å²) in [6.45, 7) is 0. The summed E-state index contributed by atoms with van der Waals surface area (Å²) in [4.78, 5) is 8.27. The maximum Gasteiger partial charge on any atom is 0.482 e. The van der Waals surface area contributed by atoms with Gasteiger partial charge in [0.15, 0.2) is 0 Å². The van der Waals surface area contributed by atoms with Crippen LogP contribution in [0.25, 0.3) is 21.2 Å². The van der Waals surface area contributed by atoms with Gasteiger partial charge in [0.1, 0.15) is 5.82 Å². The van der Waals surface area contributed by atoms with Gasteiger partial charge in [-0.05, 0) is 33.6 Å². The summed E-state index contributed by atoms with van der Waals surface area (Å²) in [5.41, 5.74) is 8.10. The van der Waals surface area contributed by atoms with Crippen molar-refractivity contribution in [2.75, 3.05) is 5.73 Å². The molecule has 0 saturated carbocycles. The average molecular weight is 351 g/mol. The Morgan fingerprint density at radius 2 is 1.90 bits per heavy atom. The lowest BCUT2D eigenvalue weighted by atomic mass is 10.1. The van der Waals surface area contributed by atoms with Crippen LogP contribution in [0.15, 0.2) is 40.6 Å². The molecule has 0 bridgehead atoms. The first kappa shape index (κ1) is 14.9. The van der Waals surface area contributed by atoms with Crippen LogP contribution >= 0.6 is 27.3 Å². The van der Waals surface area contributed by atoms with E-state index in [1.165, 1.54) is 0 Å². The van der Waals surface area contributed by atoms with E-state index in [4.69, 9.17) is 15.8 Å². The van der Waals surface area contributed by atoms with Crippen LogP contribution in [0.4, 0.5) is 5.82 Å². The number of thiophene rings is 1. The molecule has 20 heavy (non-hydrogen) atoms. The Labute approximate surface area is 128 Å². The molecule has 0 atom stereocenters. The van der Waals surface area contributed by atoms with E-state index >= 15 is 0 Å². The van der Waals surface area contributed by atoms with E-state index in [2.05, 4.69) is 25.9 Å². The Morgan fingerprint density at radius 1 is 1.25 bits per heavy atom. The molecule has 0 aliphatic carbocycles. The summed E-state index contributed by atoms with van der Waals surface area (Å²) >= 11 is 5.16. The lowest BCUT2D eigenvalue weighted by Crippen LogP contribution is -1.91. The first-order valence-electron chi connectivity index (χ1n) is 5.50. The van der Waals surface area contributed by atoms with Gasteiger partial charge >= 0.3 is 7.69 Å². The van der Waals surface area contributed by atoms with Gasteiger partial charge in [-0.3, -0.25) is 4.98 Å². The van der Waals surface area contributed by atoms with E-state index in [1.54, 1.807) is 23.7 Å². The minimum absolute atomic E-state index is 0. The second kappa shape index (κ2) is 6.80. The number of nitrogen functional groups attached to an aromatic ring is 1. The molecule has 0 aromatic carbocycles. The Balaban J connectivity index is 0.000000452. The summed E-state index contributed by atoms with van der Waals surface area (Å²) in [6, 6.07) is 3.94. The Bertz CT molecular complexity index is 708. The molecule has 101 valence electrons. The van der Waals surface area contributed by atoms with Gasteiger partial charge in [0.05, 0.1) is 0 Å². The molecule has 3 heterocycles. The third kappa shape index (κ3) is 2.99. The molecule has 3 aromatic heterocycles. The third-order valence-electron chi connectivity index (χ3n) is 2.57. The van der Waals surface area contributed by atoms with Crippen molar-refractivity contribution in [1.29, 1.82) is 0 Å². The van der Waals surface area contributed by atoms with Crippen LogP contribution in [0, 0.1) is 0 Å². The minimum atomic E-state index is 0. The number of pyridine rings is 2. The lowest BCUT2D eigenvalue weighted by Gasteiger charge is -2.04. The number of nitrogens with two attached hydrogens (primary N) is 1. The lowest BCUT2D eigenvalue weighted by molar-refractivity contribution is 0.448. The zero-order valence-electron chi connectivity index (χ0n) is 10.2. The number of halogens is 1. The van der Waals surface area contributed by atoms with Gasteiger partial charge in [0, 0.05) is 44.1 Å². The molecule has 0 saturated heterocycles. The first-order chi connectivity index (χ1) is 9.69.